The summed E-state index contributed by atoms with van der Waals surface area (Å²) in [6.45, 7) is 3.07. The number of benzene rings is 1. The van der Waals surface area contributed by atoms with Crippen molar-refractivity contribution in [1.82, 2.24) is 5.32 Å². The lowest BCUT2D eigenvalue weighted by atomic mass is 9.76. The van der Waals surface area contributed by atoms with E-state index in [1.807, 2.05) is 32.1 Å². The molecule has 0 spiro atoms. The zero-order valence-corrected chi connectivity index (χ0v) is 15.2. The minimum absolute atomic E-state index is 0.206. The fourth-order valence-electron chi connectivity index (χ4n) is 3.52. The van der Waals surface area contributed by atoms with Crippen LogP contribution in [-0.2, 0) is 11.2 Å². The lowest BCUT2D eigenvalue weighted by molar-refractivity contribution is -0.119. The molecule has 0 aromatic heterocycles. The number of hydrogen-bond donors (Lipinski definition) is 1. The first-order valence-corrected chi connectivity index (χ1v) is 9.46. The second-order valence-electron chi connectivity index (χ2n) is 7.56. The van der Waals surface area contributed by atoms with Crippen molar-refractivity contribution in [1.29, 1.82) is 0 Å². The Labute approximate surface area is 148 Å². The molecule has 0 radical (unpaired) electrons. The molecule has 6 heteroatoms. The van der Waals surface area contributed by atoms with Gasteiger partial charge in [0.1, 0.15) is 13.6 Å². The summed E-state index contributed by atoms with van der Waals surface area (Å²) in [6, 6.07) is 7.90. The number of imide groups is 1. The van der Waals surface area contributed by atoms with Crippen LogP contribution in [0.4, 0.5) is 4.79 Å². The molecule has 0 bridgehead atoms. The van der Waals surface area contributed by atoms with Gasteiger partial charge in [-0.3, -0.25) is 14.9 Å². The van der Waals surface area contributed by atoms with E-state index in [0.29, 0.717) is 11.8 Å². The molecule has 4 nitrogen and oxygen atoms in total. The van der Waals surface area contributed by atoms with Crippen LogP contribution < -0.4 is 10.1 Å². The second-order valence-corrected chi connectivity index (χ2v) is 9.03. The van der Waals surface area contributed by atoms with Gasteiger partial charge >= 0.3 is 0 Å². The van der Waals surface area contributed by atoms with Crippen molar-refractivity contribution in [2.75, 3.05) is 6.61 Å². The molecule has 1 saturated carbocycles. The van der Waals surface area contributed by atoms with Gasteiger partial charge in [0.2, 0.25) is 5.91 Å². The monoisotopic (exact) mass is 345 g/mol. The molecule has 2 aliphatic rings. The molecule has 2 amide bonds. The molecule has 1 aromatic rings. The van der Waals surface area contributed by atoms with Gasteiger partial charge in [0.05, 0.1) is 11.3 Å². The Hall–Kier alpha value is -1.43. The van der Waals surface area contributed by atoms with Gasteiger partial charge in [0, 0.05) is 5.41 Å². The van der Waals surface area contributed by atoms with Gasteiger partial charge in [-0.2, -0.15) is 0 Å². The molecule has 1 aromatic carbocycles. The van der Waals surface area contributed by atoms with Crippen molar-refractivity contribution < 1.29 is 14.3 Å². The number of ether oxygens (including phenoxy) is 1. The number of rotatable bonds is 5. The average molecular weight is 345 g/mol. The molecule has 1 aliphatic carbocycles. The quantitative estimate of drug-likeness (QED) is 0.834. The molecular weight excluding hydrogens is 321 g/mol. The lowest BCUT2D eigenvalue weighted by Gasteiger charge is -2.33. The van der Waals surface area contributed by atoms with E-state index in [0.717, 1.165) is 29.7 Å². The van der Waals surface area contributed by atoms with Crippen LogP contribution in [0.1, 0.15) is 44.6 Å². The molecule has 24 heavy (non-hydrogen) atoms. The molecule has 1 N–H and O–H groups in total. The molecule has 1 aliphatic heterocycles. The van der Waals surface area contributed by atoms with E-state index in [1.165, 1.54) is 32.1 Å². The molecule has 1 saturated heterocycles. The summed E-state index contributed by atoms with van der Waals surface area (Å²) in [4.78, 5) is 23.3. The van der Waals surface area contributed by atoms with Gasteiger partial charge in [-0.15, -0.1) is 0 Å². The fourth-order valence-corrected chi connectivity index (χ4v) is 4.45. The smallest absolute Gasteiger partial charge is 0.285 e. The highest BCUT2D eigenvalue weighted by Crippen LogP contribution is 2.36. The Morgan fingerprint density at radius 2 is 1.83 bits per heavy atom. The fraction of sp³-hybridized carbons (Fsp3) is 0.556. The van der Waals surface area contributed by atoms with Crippen molar-refractivity contribution in [2.24, 2.45) is 5.41 Å². The lowest BCUT2D eigenvalue weighted by Crippen LogP contribution is -2.38. The van der Waals surface area contributed by atoms with Crippen LogP contribution in [0.15, 0.2) is 24.3 Å². The van der Waals surface area contributed by atoms with Crippen molar-refractivity contribution in [3.05, 3.63) is 29.8 Å². The molecular formula is C18H24BNO3S. The summed E-state index contributed by atoms with van der Waals surface area (Å²) in [6.07, 6.45) is 6.96. The molecule has 3 rings (SSSR count). The Morgan fingerprint density at radius 1 is 1.17 bits per heavy atom. The third-order valence-corrected chi connectivity index (χ3v) is 6.19. The van der Waals surface area contributed by atoms with Crippen LogP contribution in [0.5, 0.6) is 5.75 Å². The maximum Gasteiger partial charge on any atom is 0.285 e. The number of nitrogens with one attached hydrogen (secondary N) is 1. The van der Waals surface area contributed by atoms with Crippen LogP contribution in [-0.4, -0.2) is 30.2 Å². The third kappa shape index (κ3) is 3.97. The summed E-state index contributed by atoms with van der Waals surface area (Å²) < 4.78 is 5.28. The molecule has 1 atom stereocenters. The van der Waals surface area contributed by atoms with E-state index >= 15 is 0 Å². The summed E-state index contributed by atoms with van der Waals surface area (Å²) >= 11 is 1.07. The maximum atomic E-state index is 11.9. The van der Waals surface area contributed by atoms with Crippen molar-refractivity contribution in [3.8, 4) is 5.75 Å². The van der Waals surface area contributed by atoms with Gasteiger partial charge in [0.25, 0.3) is 5.24 Å². The van der Waals surface area contributed by atoms with E-state index in [1.54, 1.807) is 0 Å². The molecule has 1 heterocycles. The van der Waals surface area contributed by atoms with E-state index in [2.05, 4.69) is 12.2 Å². The zero-order valence-electron chi connectivity index (χ0n) is 14.4. The topological polar surface area (TPSA) is 55.4 Å². The largest absolute Gasteiger partial charge is 0.493 e. The normalized spacial score (nSPS) is 26.2. The number of thioether (sulfide) groups is 1. The SMILES string of the molecule is B[C@@]1(Cc2ccc(OCC3(C)CCCCC3)cc2)SC(=O)NC1=O. The Kier molecular flexibility index (Phi) is 4.95. The van der Waals surface area contributed by atoms with E-state index in [-0.39, 0.29) is 11.1 Å². The predicted molar refractivity (Wildman–Crippen MR) is 99.2 cm³/mol. The third-order valence-electron chi connectivity index (χ3n) is 5.13. The highest BCUT2D eigenvalue weighted by Gasteiger charge is 2.43. The summed E-state index contributed by atoms with van der Waals surface area (Å²) in [5.41, 5.74) is 1.33. The Morgan fingerprint density at radius 3 is 2.42 bits per heavy atom. The van der Waals surface area contributed by atoms with E-state index in [4.69, 9.17) is 4.74 Å². The number of carbonyl (C=O) groups excluding carboxylic acids is 2. The average Bonchev–Trinajstić information content (AvgIpc) is 2.79. The zero-order chi connectivity index (χ0) is 17.2. The van der Waals surface area contributed by atoms with Gasteiger partial charge in [0.15, 0.2) is 0 Å². The number of amides is 2. The maximum absolute atomic E-state index is 11.9. The van der Waals surface area contributed by atoms with Crippen LogP contribution in [0.2, 0.25) is 0 Å². The molecule has 0 unspecified atom stereocenters. The van der Waals surface area contributed by atoms with E-state index < -0.39 is 4.65 Å². The van der Waals surface area contributed by atoms with Crippen LogP contribution in [0.25, 0.3) is 0 Å². The van der Waals surface area contributed by atoms with Gasteiger partial charge in [-0.1, -0.05) is 50.1 Å². The van der Waals surface area contributed by atoms with Crippen LogP contribution >= 0.6 is 11.8 Å². The van der Waals surface area contributed by atoms with Gasteiger partial charge in [-0.25, -0.2) is 0 Å². The highest BCUT2D eigenvalue weighted by molar-refractivity contribution is 8.17. The van der Waals surface area contributed by atoms with Crippen molar-refractivity contribution in [3.63, 3.8) is 0 Å². The van der Waals surface area contributed by atoms with Crippen molar-refractivity contribution in [2.45, 2.75) is 50.1 Å². The van der Waals surface area contributed by atoms with Gasteiger partial charge < -0.3 is 4.74 Å². The summed E-state index contributed by atoms with van der Waals surface area (Å²) in [5, 5.41) is 2.10. The Balaban J connectivity index is 1.57. The van der Waals surface area contributed by atoms with Crippen molar-refractivity contribution >= 4 is 30.8 Å². The van der Waals surface area contributed by atoms with E-state index in [9.17, 15) is 9.59 Å². The molecule has 128 valence electrons. The first-order valence-electron chi connectivity index (χ1n) is 8.65. The van der Waals surface area contributed by atoms with Crippen LogP contribution in [0.3, 0.4) is 0 Å². The standard InChI is InChI=1S/C18H24BNO3S/c1-17(9-3-2-4-10-17)12-23-14-7-5-13(6-8-14)11-18(19)15(21)20-16(22)24-18/h5-8H,2-4,9-12,19H2,1H3,(H,20,21,22)/t18-/m0/s1. The minimum Gasteiger partial charge on any atom is -0.493 e. The first kappa shape index (κ1) is 17.4. The predicted octanol–water partition coefficient (Wildman–Crippen LogP) is 2.89. The summed E-state index contributed by atoms with van der Waals surface area (Å²) in [5.74, 6) is 0.665. The van der Waals surface area contributed by atoms with Crippen LogP contribution in [0, 0.1) is 5.41 Å². The Bertz CT molecular complexity index is 628. The highest BCUT2D eigenvalue weighted by atomic mass is 32.2. The number of carbonyl (C=O) groups is 2. The number of hydrogen-bond acceptors (Lipinski definition) is 4. The summed E-state index contributed by atoms with van der Waals surface area (Å²) in [7, 11) is 1.81. The first-order chi connectivity index (χ1) is 11.4. The molecule has 2 fully saturated rings. The second kappa shape index (κ2) is 6.83. The minimum atomic E-state index is -0.713. The van der Waals surface area contributed by atoms with Gasteiger partial charge in [-0.05, 0) is 37.0 Å².